The van der Waals surface area contributed by atoms with Gasteiger partial charge in [0.05, 0.1) is 6.26 Å². The van der Waals surface area contributed by atoms with Gasteiger partial charge in [-0.1, -0.05) is 31.2 Å². The fraction of sp³-hybridized carbons (Fsp3) is 0.500. The number of hydrogen-bond donors (Lipinski definition) is 2. The molecule has 5 rings (SSSR count). The van der Waals surface area contributed by atoms with E-state index >= 15 is 0 Å². The second-order valence-electron chi connectivity index (χ2n) is 9.97. The molecular weight excluding hydrogens is 402 g/mol. The summed E-state index contributed by atoms with van der Waals surface area (Å²) in [5, 5.41) is 17.1. The molecule has 3 aliphatic carbocycles. The summed E-state index contributed by atoms with van der Waals surface area (Å²) in [5.41, 5.74) is 2.93. The van der Waals surface area contributed by atoms with Crippen LogP contribution in [0, 0.1) is 23.2 Å². The van der Waals surface area contributed by atoms with Crippen LogP contribution in [-0.2, 0) is 23.1 Å². The zero-order valence-electron chi connectivity index (χ0n) is 18.8. The average molecular weight is 434 g/mol. The summed E-state index contributed by atoms with van der Waals surface area (Å²) in [6, 6.07) is 10.5. The highest BCUT2D eigenvalue weighted by Crippen LogP contribution is 2.63. The number of benzene rings is 1. The van der Waals surface area contributed by atoms with E-state index in [0.29, 0.717) is 36.1 Å². The van der Waals surface area contributed by atoms with Crippen molar-refractivity contribution in [2.75, 3.05) is 5.32 Å². The van der Waals surface area contributed by atoms with Gasteiger partial charge in [-0.15, -0.1) is 0 Å². The second-order valence-corrected chi connectivity index (χ2v) is 9.97. The summed E-state index contributed by atoms with van der Waals surface area (Å²) < 4.78 is 1.65. The molecular formula is C26H31N3O3. The number of aliphatic hydroxyl groups excluding tert-OH is 1. The van der Waals surface area contributed by atoms with Gasteiger partial charge in [-0.05, 0) is 66.9 Å². The van der Waals surface area contributed by atoms with Crippen LogP contribution >= 0.6 is 0 Å². The Labute approximate surface area is 188 Å². The van der Waals surface area contributed by atoms with Crippen molar-refractivity contribution in [1.82, 2.24) is 9.78 Å². The summed E-state index contributed by atoms with van der Waals surface area (Å²) in [5.74, 6) is 1.42. The Kier molecular flexibility index (Phi) is 5.19. The second kappa shape index (κ2) is 7.91. The molecule has 1 aromatic heterocycles. The number of carbonyl (C=O) groups excluding carboxylic acids is 2. The maximum atomic E-state index is 13.4. The van der Waals surface area contributed by atoms with Gasteiger partial charge in [0.1, 0.15) is 0 Å². The van der Waals surface area contributed by atoms with Crippen LogP contribution in [-0.4, -0.2) is 26.6 Å². The first-order valence-electron chi connectivity index (χ1n) is 11.7. The van der Waals surface area contributed by atoms with Crippen molar-refractivity contribution in [3.05, 3.63) is 59.5 Å². The van der Waals surface area contributed by atoms with Gasteiger partial charge in [0, 0.05) is 36.7 Å². The van der Waals surface area contributed by atoms with Crippen molar-refractivity contribution in [3.63, 3.8) is 0 Å². The van der Waals surface area contributed by atoms with Crippen molar-refractivity contribution in [2.24, 2.45) is 30.2 Å². The molecule has 32 heavy (non-hydrogen) atoms. The van der Waals surface area contributed by atoms with Crippen LogP contribution < -0.4 is 5.32 Å². The highest BCUT2D eigenvalue weighted by Gasteiger charge is 2.60. The third-order valence-corrected chi connectivity index (χ3v) is 8.31. The Morgan fingerprint density at radius 3 is 2.88 bits per heavy atom. The van der Waals surface area contributed by atoms with Crippen LogP contribution in [0.5, 0.6) is 0 Å². The SMILES string of the molecule is Cn1ccc(NC(=O)CC[C@@H]2/C(=C/O)C(=O)[C@@]3(C)CCC4c5ccccc5CCC4C23)n1. The summed E-state index contributed by atoms with van der Waals surface area (Å²) >= 11 is 0. The molecule has 2 N–H and O–H groups in total. The van der Waals surface area contributed by atoms with Crippen LogP contribution in [0.3, 0.4) is 0 Å². The van der Waals surface area contributed by atoms with Crippen LogP contribution in [0.1, 0.15) is 56.1 Å². The minimum absolute atomic E-state index is 0.0810. The normalized spacial score (nSPS) is 32.3. The maximum Gasteiger partial charge on any atom is 0.225 e. The summed E-state index contributed by atoms with van der Waals surface area (Å²) in [4.78, 5) is 26.0. The molecule has 1 amide bonds. The smallest absolute Gasteiger partial charge is 0.225 e. The van der Waals surface area contributed by atoms with Crippen molar-refractivity contribution >= 4 is 17.5 Å². The van der Waals surface area contributed by atoms with E-state index in [9.17, 15) is 14.7 Å². The molecule has 3 aliphatic rings. The molecule has 0 spiro atoms. The van der Waals surface area contributed by atoms with Crippen molar-refractivity contribution in [1.29, 1.82) is 0 Å². The number of rotatable bonds is 4. The number of nitrogens with one attached hydrogen (secondary N) is 1. The van der Waals surface area contributed by atoms with Gasteiger partial charge in [0.2, 0.25) is 5.91 Å². The van der Waals surface area contributed by atoms with Gasteiger partial charge >= 0.3 is 0 Å². The quantitative estimate of drug-likeness (QED) is 0.548. The van der Waals surface area contributed by atoms with Crippen LogP contribution in [0.4, 0.5) is 5.82 Å². The summed E-state index contributed by atoms with van der Waals surface area (Å²) in [7, 11) is 1.81. The summed E-state index contributed by atoms with van der Waals surface area (Å²) in [6.07, 6.45) is 7.60. The van der Waals surface area contributed by atoms with E-state index in [1.54, 1.807) is 24.0 Å². The van der Waals surface area contributed by atoms with Gasteiger partial charge in [0.25, 0.3) is 0 Å². The van der Waals surface area contributed by atoms with Crippen molar-refractivity contribution in [2.45, 2.75) is 51.4 Å². The zero-order chi connectivity index (χ0) is 22.5. The molecule has 5 atom stereocenters. The van der Waals surface area contributed by atoms with Gasteiger partial charge in [-0.3, -0.25) is 14.3 Å². The molecule has 3 unspecified atom stereocenters. The van der Waals surface area contributed by atoms with Gasteiger partial charge in [-0.2, -0.15) is 5.10 Å². The topological polar surface area (TPSA) is 84.2 Å². The monoisotopic (exact) mass is 433 g/mol. The molecule has 6 heteroatoms. The van der Waals surface area contributed by atoms with Crippen molar-refractivity contribution < 1.29 is 14.7 Å². The Balaban J connectivity index is 1.40. The molecule has 6 nitrogen and oxygen atoms in total. The van der Waals surface area contributed by atoms with Crippen LogP contribution in [0.25, 0.3) is 0 Å². The minimum Gasteiger partial charge on any atom is -0.515 e. The number of ketones is 1. The number of fused-ring (bicyclic) bond motifs is 5. The fourth-order valence-electron chi connectivity index (χ4n) is 6.93. The van der Waals surface area contributed by atoms with Gasteiger partial charge < -0.3 is 10.4 Å². The fourth-order valence-corrected chi connectivity index (χ4v) is 6.93. The Morgan fingerprint density at radius 2 is 2.12 bits per heavy atom. The lowest BCUT2D eigenvalue weighted by Gasteiger charge is -2.49. The Bertz CT molecular complexity index is 1090. The highest BCUT2D eigenvalue weighted by molar-refractivity contribution is 6.03. The molecule has 0 bridgehead atoms. The maximum absolute atomic E-state index is 13.4. The molecule has 0 aliphatic heterocycles. The number of anilines is 1. The van der Waals surface area contributed by atoms with E-state index in [1.807, 2.05) is 0 Å². The Morgan fingerprint density at radius 1 is 1.31 bits per heavy atom. The number of aromatic nitrogens is 2. The van der Waals surface area contributed by atoms with Gasteiger partial charge in [0.15, 0.2) is 11.6 Å². The molecule has 2 fully saturated rings. The number of Topliss-reactive ketones (excluding diaryl/α,β-unsaturated/α-hetero) is 1. The molecule has 168 valence electrons. The third kappa shape index (κ3) is 3.28. The highest BCUT2D eigenvalue weighted by atomic mass is 16.2. The first kappa shape index (κ1) is 21.0. The predicted molar refractivity (Wildman–Crippen MR) is 122 cm³/mol. The van der Waals surface area contributed by atoms with E-state index in [-0.39, 0.29) is 23.5 Å². The lowest BCUT2D eigenvalue weighted by Crippen LogP contribution is -2.44. The number of aryl methyl sites for hydroxylation is 2. The number of hydrogen-bond acceptors (Lipinski definition) is 4. The van der Waals surface area contributed by atoms with E-state index in [2.05, 4.69) is 41.6 Å². The first-order valence-corrected chi connectivity index (χ1v) is 11.7. The molecule has 1 aromatic carbocycles. The van der Waals surface area contributed by atoms with E-state index in [0.717, 1.165) is 31.9 Å². The van der Waals surface area contributed by atoms with Crippen molar-refractivity contribution in [3.8, 4) is 0 Å². The van der Waals surface area contributed by atoms with Crippen LogP contribution in [0.2, 0.25) is 0 Å². The number of nitrogens with zero attached hydrogens (tertiary/aromatic N) is 2. The lowest BCUT2D eigenvalue weighted by atomic mass is 9.54. The lowest BCUT2D eigenvalue weighted by molar-refractivity contribution is -0.127. The number of amides is 1. The van der Waals surface area contributed by atoms with E-state index in [1.165, 1.54) is 11.1 Å². The molecule has 0 radical (unpaired) electrons. The van der Waals surface area contributed by atoms with E-state index < -0.39 is 5.41 Å². The molecule has 2 saturated carbocycles. The standard InChI is InChI=1S/C26H31N3O3/c1-26-13-11-18-17-6-4-3-5-16(17)7-8-19(18)24(26)20(21(15-30)25(26)32)9-10-23(31)27-22-12-14-29(2)28-22/h3-6,12,14-15,18-20,24,30H,7-11,13H2,1-2H3,(H,27,28,31)/b21-15-/t18?,19?,20-,24?,26+/m1/s1. The third-order valence-electron chi connectivity index (χ3n) is 8.31. The number of allylic oxidation sites excluding steroid dienone is 1. The largest absolute Gasteiger partial charge is 0.515 e. The molecule has 1 heterocycles. The predicted octanol–water partition coefficient (Wildman–Crippen LogP) is 4.54. The van der Waals surface area contributed by atoms with E-state index in [4.69, 9.17) is 0 Å². The zero-order valence-corrected chi connectivity index (χ0v) is 18.8. The van der Waals surface area contributed by atoms with Crippen LogP contribution in [0.15, 0.2) is 48.4 Å². The average Bonchev–Trinajstić information content (AvgIpc) is 3.29. The minimum atomic E-state index is -0.454. The number of aliphatic hydroxyl groups is 1. The van der Waals surface area contributed by atoms with Gasteiger partial charge in [-0.25, -0.2) is 0 Å². The molecule has 0 saturated heterocycles. The summed E-state index contributed by atoms with van der Waals surface area (Å²) in [6.45, 7) is 2.09. The Hall–Kier alpha value is -2.89. The molecule has 2 aromatic rings. The number of carbonyl (C=O) groups is 2. The first-order chi connectivity index (χ1) is 15.4.